The number of hydrogen-bond acceptors (Lipinski definition) is 6. The molecule has 0 radical (unpaired) electrons. The highest BCUT2D eigenvalue weighted by atomic mass is 16.6. The van der Waals surface area contributed by atoms with Crippen LogP contribution in [0.5, 0.6) is 0 Å². The normalized spacial score (nSPS) is 12.1. The van der Waals surface area contributed by atoms with Crippen molar-refractivity contribution in [1.82, 2.24) is 0 Å². The van der Waals surface area contributed by atoms with Crippen molar-refractivity contribution in [3.63, 3.8) is 0 Å². The van der Waals surface area contributed by atoms with E-state index in [-0.39, 0.29) is 31.1 Å². The first-order valence-corrected chi connectivity index (χ1v) is 26.7. The van der Waals surface area contributed by atoms with E-state index in [4.69, 9.17) is 14.2 Å². The van der Waals surface area contributed by atoms with E-state index in [2.05, 4.69) is 34.6 Å². The van der Waals surface area contributed by atoms with Gasteiger partial charge in [-0.3, -0.25) is 14.4 Å². The summed E-state index contributed by atoms with van der Waals surface area (Å²) in [7, 11) is 0. The van der Waals surface area contributed by atoms with Crippen LogP contribution in [-0.2, 0) is 28.6 Å². The Morgan fingerprint density at radius 3 is 0.817 bits per heavy atom. The summed E-state index contributed by atoms with van der Waals surface area (Å²) in [5.74, 6) is 0.800. The van der Waals surface area contributed by atoms with E-state index in [9.17, 15) is 14.4 Å². The fraction of sp³-hybridized carbons (Fsp3) is 0.944. The number of rotatable bonds is 48. The quantitative estimate of drug-likeness (QED) is 0.0345. The molecule has 0 unspecified atom stereocenters. The fourth-order valence-corrected chi connectivity index (χ4v) is 8.17. The lowest BCUT2D eigenvalue weighted by molar-refractivity contribution is -0.167. The third kappa shape index (κ3) is 47.5. The van der Waals surface area contributed by atoms with Crippen molar-refractivity contribution >= 4 is 17.9 Å². The SMILES string of the molecule is CCCCCCCCCCCCCCCCCC(=O)O[C@H](COC(=O)CCCCCCCCCCCCCC(C)C)COC(=O)CCCCCCCCCCCCC(C)C. The summed E-state index contributed by atoms with van der Waals surface area (Å²) in [6, 6.07) is 0. The third-order valence-corrected chi connectivity index (χ3v) is 12.2. The molecule has 0 fully saturated rings. The highest BCUT2D eigenvalue weighted by Gasteiger charge is 2.19. The van der Waals surface area contributed by atoms with Crippen LogP contribution >= 0.6 is 0 Å². The summed E-state index contributed by atoms with van der Waals surface area (Å²) in [5, 5.41) is 0. The predicted octanol–water partition coefficient (Wildman–Crippen LogP) is 17.3. The summed E-state index contributed by atoms with van der Waals surface area (Å²) in [6.45, 7) is 11.4. The molecule has 0 aliphatic heterocycles. The van der Waals surface area contributed by atoms with Crippen molar-refractivity contribution in [2.24, 2.45) is 11.8 Å². The molecule has 0 N–H and O–H groups in total. The molecule has 1 atom stereocenters. The molecule has 0 heterocycles. The van der Waals surface area contributed by atoms with Gasteiger partial charge in [0.1, 0.15) is 13.2 Å². The maximum Gasteiger partial charge on any atom is 0.306 e. The molecule has 356 valence electrons. The topological polar surface area (TPSA) is 78.9 Å². The van der Waals surface area contributed by atoms with E-state index in [1.54, 1.807) is 0 Å². The summed E-state index contributed by atoms with van der Waals surface area (Å²) in [6.07, 6.45) is 48.0. The summed E-state index contributed by atoms with van der Waals surface area (Å²) in [5.41, 5.74) is 0. The van der Waals surface area contributed by atoms with Crippen LogP contribution in [0.3, 0.4) is 0 Å². The first-order valence-electron chi connectivity index (χ1n) is 26.7. The maximum atomic E-state index is 12.8. The number of hydrogen-bond donors (Lipinski definition) is 0. The Hall–Kier alpha value is -1.59. The largest absolute Gasteiger partial charge is 0.462 e. The van der Waals surface area contributed by atoms with Gasteiger partial charge in [0.05, 0.1) is 0 Å². The van der Waals surface area contributed by atoms with Crippen molar-refractivity contribution in [2.45, 2.75) is 304 Å². The average molecular weight is 849 g/mol. The van der Waals surface area contributed by atoms with Crippen LogP contribution < -0.4 is 0 Å². The highest BCUT2D eigenvalue weighted by Crippen LogP contribution is 2.17. The van der Waals surface area contributed by atoms with Gasteiger partial charge >= 0.3 is 17.9 Å². The fourth-order valence-electron chi connectivity index (χ4n) is 8.17. The zero-order valence-corrected chi connectivity index (χ0v) is 41.1. The molecule has 60 heavy (non-hydrogen) atoms. The van der Waals surface area contributed by atoms with E-state index in [1.807, 2.05) is 0 Å². The summed E-state index contributed by atoms with van der Waals surface area (Å²) in [4.78, 5) is 38.0. The second-order valence-corrected chi connectivity index (χ2v) is 19.5. The van der Waals surface area contributed by atoms with Gasteiger partial charge in [0.15, 0.2) is 6.10 Å². The van der Waals surface area contributed by atoms with Gasteiger partial charge in [0.2, 0.25) is 0 Å². The Morgan fingerprint density at radius 1 is 0.317 bits per heavy atom. The standard InChI is InChI=1S/C54H104O6/c1-6-7-8-9-10-11-12-13-14-15-18-26-31-36-41-46-54(57)60-51(48-59-53(56)45-40-35-30-25-21-20-23-28-33-38-43-50(4)5)47-58-52(55)44-39-34-29-24-19-16-17-22-27-32-37-42-49(2)3/h49-51H,6-48H2,1-5H3/t51-/m1/s1. The molecule has 0 rings (SSSR count). The van der Waals surface area contributed by atoms with Gasteiger partial charge in [-0.1, -0.05) is 259 Å². The van der Waals surface area contributed by atoms with Crippen LogP contribution in [0.1, 0.15) is 298 Å². The predicted molar refractivity (Wildman–Crippen MR) is 256 cm³/mol. The monoisotopic (exact) mass is 849 g/mol. The lowest BCUT2D eigenvalue weighted by Crippen LogP contribution is -2.30. The van der Waals surface area contributed by atoms with Gasteiger partial charge in [-0.25, -0.2) is 0 Å². The number of unbranched alkanes of at least 4 members (excludes halogenated alkanes) is 33. The third-order valence-electron chi connectivity index (χ3n) is 12.2. The Kier molecular flexibility index (Phi) is 45.7. The minimum Gasteiger partial charge on any atom is -0.462 e. The van der Waals surface area contributed by atoms with Crippen LogP contribution in [-0.4, -0.2) is 37.2 Å². The van der Waals surface area contributed by atoms with Crippen LogP contribution in [0.15, 0.2) is 0 Å². The van der Waals surface area contributed by atoms with Crippen LogP contribution in [0.25, 0.3) is 0 Å². The van der Waals surface area contributed by atoms with Gasteiger partial charge in [-0.15, -0.1) is 0 Å². The molecule has 0 saturated heterocycles. The molecule has 0 aromatic heterocycles. The molecule has 6 nitrogen and oxygen atoms in total. The Labute approximate surface area is 374 Å². The number of ether oxygens (including phenoxy) is 3. The first kappa shape index (κ1) is 58.4. The smallest absolute Gasteiger partial charge is 0.306 e. The van der Waals surface area contributed by atoms with Gasteiger partial charge in [-0.05, 0) is 31.1 Å². The molecule has 0 bridgehead atoms. The number of carbonyl (C=O) groups excluding carboxylic acids is 3. The maximum absolute atomic E-state index is 12.8. The van der Waals surface area contributed by atoms with E-state index in [0.717, 1.165) is 69.6 Å². The van der Waals surface area contributed by atoms with Crippen LogP contribution in [0, 0.1) is 11.8 Å². The van der Waals surface area contributed by atoms with Gasteiger partial charge < -0.3 is 14.2 Å². The average Bonchev–Trinajstić information content (AvgIpc) is 3.22. The number of carbonyl (C=O) groups is 3. The Balaban J connectivity index is 4.32. The van der Waals surface area contributed by atoms with Gasteiger partial charge in [-0.2, -0.15) is 0 Å². The van der Waals surface area contributed by atoms with Crippen molar-refractivity contribution in [1.29, 1.82) is 0 Å². The molecular weight excluding hydrogens is 745 g/mol. The van der Waals surface area contributed by atoms with Crippen molar-refractivity contribution in [2.75, 3.05) is 13.2 Å². The van der Waals surface area contributed by atoms with Crippen molar-refractivity contribution in [3.05, 3.63) is 0 Å². The molecule has 0 saturated carbocycles. The number of esters is 3. The minimum atomic E-state index is -0.762. The minimum absolute atomic E-state index is 0.0636. The van der Waals surface area contributed by atoms with Crippen molar-refractivity contribution < 1.29 is 28.6 Å². The van der Waals surface area contributed by atoms with E-state index in [0.29, 0.717) is 19.3 Å². The Bertz CT molecular complexity index is 916. The molecular formula is C54H104O6. The lowest BCUT2D eigenvalue weighted by atomic mass is 10.0. The molecule has 0 aliphatic carbocycles. The van der Waals surface area contributed by atoms with E-state index in [1.165, 1.54) is 186 Å². The molecule has 0 amide bonds. The van der Waals surface area contributed by atoms with Crippen molar-refractivity contribution in [3.8, 4) is 0 Å². The van der Waals surface area contributed by atoms with E-state index < -0.39 is 6.10 Å². The highest BCUT2D eigenvalue weighted by molar-refractivity contribution is 5.71. The second-order valence-electron chi connectivity index (χ2n) is 19.5. The molecule has 0 aromatic rings. The molecule has 0 aliphatic rings. The lowest BCUT2D eigenvalue weighted by Gasteiger charge is -2.18. The van der Waals surface area contributed by atoms with E-state index >= 15 is 0 Å². The van der Waals surface area contributed by atoms with Gasteiger partial charge in [0, 0.05) is 19.3 Å². The first-order chi connectivity index (χ1) is 29.2. The molecule has 6 heteroatoms. The van der Waals surface area contributed by atoms with Crippen LogP contribution in [0.2, 0.25) is 0 Å². The second kappa shape index (κ2) is 46.9. The zero-order valence-electron chi connectivity index (χ0n) is 41.1. The van der Waals surface area contributed by atoms with Crippen LogP contribution in [0.4, 0.5) is 0 Å². The molecule has 0 aromatic carbocycles. The van der Waals surface area contributed by atoms with Gasteiger partial charge in [0.25, 0.3) is 0 Å². The Morgan fingerprint density at radius 2 is 0.550 bits per heavy atom. The molecule has 0 spiro atoms. The zero-order chi connectivity index (χ0) is 44.0. The summed E-state index contributed by atoms with van der Waals surface area (Å²) >= 11 is 0. The summed E-state index contributed by atoms with van der Waals surface area (Å²) < 4.78 is 16.8.